The van der Waals surface area contributed by atoms with Crippen LogP contribution in [-0.4, -0.2) is 69.6 Å². The van der Waals surface area contributed by atoms with Gasteiger partial charge in [-0.15, -0.1) is 0 Å². The normalized spacial score (nSPS) is 16.6. The van der Waals surface area contributed by atoms with Gasteiger partial charge in [-0.3, -0.25) is 9.59 Å². The van der Waals surface area contributed by atoms with Crippen LogP contribution in [0.25, 0.3) is 0 Å². The number of ether oxygens (including phenoxy) is 4. The molecule has 2 heterocycles. The van der Waals surface area contributed by atoms with Gasteiger partial charge in [0.2, 0.25) is 12.7 Å². The predicted octanol–water partition coefficient (Wildman–Crippen LogP) is 0.799. The molecule has 8 heteroatoms. The Bertz CT molecular complexity index is 643. The van der Waals surface area contributed by atoms with Crippen molar-refractivity contribution in [3.05, 3.63) is 23.8 Å². The van der Waals surface area contributed by atoms with Crippen LogP contribution >= 0.6 is 0 Å². The monoisotopic (exact) mass is 364 g/mol. The summed E-state index contributed by atoms with van der Waals surface area (Å²) in [4.78, 5) is 26.3. The third-order valence-electron chi connectivity index (χ3n) is 4.47. The van der Waals surface area contributed by atoms with E-state index in [1.807, 2.05) is 0 Å². The summed E-state index contributed by atoms with van der Waals surface area (Å²) >= 11 is 0. The first kappa shape index (κ1) is 18.5. The first-order valence-electron chi connectivity index (χ1n) is 8.72. The van der Waals surface area contributed by atoms with Crippen molar-refractivity contribution in [3.8, 4) is 11.5 Å². The van der Waals surface area contributed by atoms with E-state index in [1.54, 1.807) is 30.2 Å². The summed E-state index contributed by atoms with van der Waals surface area (Å²) in [5.74, 6) is 1.07. The van der Waals surface area contributed by atoms with Crippen LogP contribution in [0, 0.1) is 0 Å². The minimum Gasteiger partial charge on any atom is -0.454 e. The van der Waals surface area contributed by atoms with Gasteiger partial charge in [-0.05, 0) is 31.0 Å². The minimum atomic E-state index is -0.143. The van der Waals surface area contributed by atoms with E-state index in [-0.39, 0.29) is 31.3 Å². The van der Waals surface area contributed by atoms with Gasteiger partial charge in [0.15, 0.2) is 11.5 Å². The maximum absolute atomic E-state index is 12.4. The standard InChI is InChI=1S/C18H24N2O6/c1-23-8-9-24-11-17(21)20-6-4-14(5-7-20)19-18(22)13-2-3-15-16(10-13)26-12-25-15/h2-3,10,14H,4-9,11-12H2,1H3,(H,19,22). The molecule has 1 aromatic carbocycles. The topological polar surface area (TPSA) is 86.3 Å². The van der Waals surface area contributed by atoms with Gasteiger partial charge < -0.3 is 29.2 Å². The van der Waals surface area contributed by atoms with Crippen LogP contribution in [-0.2, 0) is 14.3 Å². The molecule has 0 unspecified atom stereocenters. The van der Waals surface area contributed by atoms with Crippen molar-refractivity contribution < 1.29 is 28.5 Å². The average Bonchev–Trinajstić information content (AvgIpc) is 3.13. The second-order valence-corrected chi connectivity index (χ2v) is 6.24. The van der Waals surface area contributed by atoms with Gasteiger partial charge in [-0.1, -0.05) is 0 Å². The summed E-state index contributed by atoms with van der Waals surface area (Å²) in [7, 11) is 1.59. The molecule has 2 aliphatic heterocycles. The number of methoxy groups -OCH3 is 1. The van der Waals surface area contributed by atoms with Crippen molar-refractivity contribution in [1.82, 2.24) is 10.2 Å². The first-order chi connectivity index (χ1) is 12.7. The molecule has 0 atom stereocenters. The van der Waals surface area contributed by atoms with Gasteiger partial charge in [0, 0.05) is 31.8 Å². The number of nitrogens with one attached hydrogen (secondary N) is 1. The van der Waals surface area contributed by atoms with Crippen molar-refractivity contribution >= 4 is 11.8 Å². The van der Waals surface area contributed by atoms with Crippen LogP contribution in [0.2, 0.25) is 0 Å². The number of benzene rings is 1. The number of piperidine rings is 1. The molecule has 0 radical (unpaired) electrons. The first-order valence-corrected chi connectivity index (χ1v) is 8.72. The highest BCUT2D eigenvalue weighted by Crippen LogP contribution is 2.32. The maximum atomic E-state index is 12.4. The van der Waals surface area contributed by atoms with E-state index < -0.39 is 0 Å². The Morgan fingerprint density at radius 3 is 2.73 bits per heavy atom. The smallest absolute Gasteiger partial charge is 0.251 e. The van der Waals surface area contributed by atoms with Crippen LogP contribution in [0.5, 0.6) is 11.5 Å². The van der Waals surface area contributed by atoms with Crippen LogP contribution < -0.4 is 14.8 Å². The number of carbonyl (C=O) groups excluding carboxylic acids is 2. The molecule has 0 spiro atoms. The molecule has 142 valence electrons. The number of rotatable bonds is 7. The number of likely N-dealkylation sites (tertiary alicyclic amines) is 1. The summed E-state index contributed by atoms with van der Waals surface area (Å²) in [5, 5.41) is 3.02. The van der Waals surface area contributed by atoms with Gasteiger partial charge in [0.25, 0.3) is 5.91 Å². The van der Waals surface area contributed by atoms with Gasteiger partial charge >= 0.3 is 0 Å². The Kier molecular flexibility index (Phi) is 6.30. The van der Waals surface area contributed by atoms with E-state index in [1.165, 1.54) is 0 Å². The highest BCUT2D eigenvalue weighted by Gasteiger charge is 2.25. The summed E-state index contributed by atoms with van der Waals surface area (Å²) < 4.78 is 20.7. The molecule has 1 N–H and O–H groups in total. The molecule has 1 saturated heterocycles. The summed E-state index contributed by atoms with van der Waals surface area (Å²) in [6, 6.07) is 5.20. The Hall–Kier alpha value is -2.32. The van der Waals surface area contributed by atoms with Gasteiger partial charge in [-0.2, -0.15) is 0 Å². The summed E-state index contributed by atoms with van der Waals surface area (Å²) in [6.45, 7) is 2.35. The molecule has 2 amide bonds. The molecular weight excluding hydrogens is 340 g/mol. The molecule has 0 aromatic heterocycles. The summed E-state index contributed by atoms with van der Waals surface area (Å²) in [6.07, 6.45) is 1.44. The number of nitrogens with zero attached hydrogens (tertiary/aromatic N) is 1. The quantitative estimate of drug-likeness (QED) is 0.720. The zero-order valence-corrected chi connectivity index (χ0v) is 14.9. The van der Waals surface area contributed by atoms with Crippen molar-refractivity contribution in [2.24, 2.45) is 0 Å². The Labute approximate surface area is 152 Å². The van der Waals surface area contributed by atoms with E-state index in [4.69, 9.17) is 18.9 Å². The molecule has 3 rings (SSSR count). The lowest BCUT2D eigenvalue weighted by Gasteiger charge is -2.32. The SMILES string of the molecule is COCCOCC(=O)N1CCC(NC(=O)c2ccc3c(c2)OCO3)CC1. The maximum Gasteiger partial charge on any atom is 0.251 e. The third-order valence-corrected chi connectivity index (χ3v) is 4.47. The van der Waals surface area contributed by atoms with Gasteiger partial charge in [0.05, 0.1) is 13.2 Å². The molecule has 26 heavy (non-hydrogen) atoms. The fourth-order valence-electron chi connectivity index (χ4n) is 2.97. The molecule has 0 saturated carbocycles. The fourth-order valence-corrected chi connectivity index (χ4v) is 2.97. The highest BCUT2D eigenvalue weighted by molar-refractivity contribution is 5.95. The molecule has 2 aliphatic rings. The largest absolute Gasteiger partial charge is 0.454 e. The Morgan fingerprint density at radius 2 is 1.96 bits per heavy atom. The van der Waals surface area contributed by atoms with Crippen molar-refractivity contribution in [2.75, 3.05) is 46.8 Å². The van der Waals surface area contributed by atoms with E-state index in [9.17, 15) is 9.59 Å². The van der Waals surface area contributed by atoms with Crippen LogP contribution in [0.1, 0.15) is 23.2 Å². The van der Waals surface area contributed by atoms with Crippen molar-refractivity contribution in [3.63, 3.8) is 0 Å². The Balaban J connectivity index is 1.42. The highest BCUT2D eigenvalue weighted by atomic mass is 16.7. The van der Waals surface area contributed by atoms with E-state index in [0.717, 1.165) is 12.8 Å². The number of hydrogen-bond acceptors (Lipinski definition) is 6. The zero-order chi connectivity index (χ0) is 18.4. The van der Waals surface area contributed by atoms with Crippen LogP contribution in [0.3, 0.4) is 0 Å². The summed E-state index contributed by atoms with van der Waals surface area (Å²) in [5.41, 5.74) is 0.541. The van der Waals surface area contributed by atoms with E-state index in [0.29, 0.717) is 43.4 Å². The third kappa shape index (κ3) is 4.64. The lowest BCUT2D eigenvalue weighted by molar-refractivity contribution is -0.137. The van der Waals surface area contributed by atoms with Crippen molar-refractivity contribution in [2.45, 2.75) is 18.9 Å². The minimum absolute atomic E-state index is 0.0262. The number of hydrogen-bond donors (Lipinski definition) is 1. The number of amides is 2. The predicted molar refractivity (Wildman–Crippen MR) is 92.3 cm³/mol. The lowest BCUT2D eigenvalue weighted by atomic mass is 10.0. The number of fused-ring (bicyclic) bond motifs is 1. The second kappa shape index (κ2) is 8.86. The Morgan fingerprint density at radius 1 is 1.19 bits per heavy atom. The van der Waals surface area contributed by atoms with E-state index in [2.05, 4.69) is 5.32 Å². The molecular formula is C18H24N2O6. The number of carbonyl (C=O) groups is 2. The van der Waals surface area contributed by atoms with Crippen LogP contribution in [0.15, 0.2) is 18.2 Å². The molecule has 1 fully saturated rings. The second-order valence-electron chi connectivity index (χ2n) is 6.24. The van der Waals surface area contributed by atoms with Crippen LogP contribution in [0.4, 0.5) is 0 Å². The zero-order valence-electron chi connectivity index (χ0n) is 14.9. The fraction of sp³-hybridized carbons (Fsp3) is 0.556. The molecule has 1 aromatic rings. The lowest BCUT2D eigenvalue weighted by Crippen LogP contribution is -2.47. The average molecular weight is 364 g/mol. The molecule has 0 aliphatic carbocycles. The molecule has 8 nitrogen and oxygen atoms in total. The van der Waals surface area contributed by atoms with Gasteiger partial charge in [-0.25, -0.2) is 0 Å². The molecule has 0 bridgehead atoms. The van der Waals surface area contributed by atoms with E-state index >= 15 is 0 Å². The van der Waals surface area contributed by atoms with Crippen molar-refractivity contribution in [1.29, 1.82) is 0 Å². The van der Waals surface area contributed by atoms with Gasteiger partial charge in [0.1, 0.15) is 6.61 Å².